The molecular weight excluding hydrogens is 308 g/mol. The summed E-state index contributed by atoms with van der Waals surface area (Å²) in [5.41, 5.74) is 1.55. The first-order valence-corrected chi connectivity index (χ1v) is 7.04. The quantitative estimate of drug-likeness (QED) is 0.853. The van der Waals surface area contributed by atoms with Crippen LogP contribution in [0, 0.1) is 6.92 Å². The Balaban J connectivity index is 1.99. The maximum Gasteiger partial charge on any atom is 0.303 e. The predicted molar refractivity (Wildman–Crippen MR) is 80.4 cm³/mol. The molecule has 0 saturated heterocycles. The van der Waals surface area contributed by atoms with Crippen LogP contribution in [0.1, 0.15) is 24.4 Å². The number of amides is 1. The van der Waals surface area contributed by atoms with E-state index in [2.05, 4.69) is 10.3 Å². The molecule has 0 atom stereocenters. The molecule has 22 heavy (non-hydrogen) atoms. The Morgan fingerprint density at radius 1 is 1.27 bits per heavy atom. The zero-order valence-corrected chi connectivity index (χ0v) is 12.7. The van der Waals surface area contributed by atoms with Gasteiger partial charge in [-0.2, -0.15) is 0 Å². The van der Waals surface area contributed by atoms with Gasteiger partial charge in [0.2, 0.25) is 11.8 Å². The van der Waals surface area contributed by atoms with E-state index in [-0.39, 0.29) is 25.3 Å². The zero-order chi connectivity index (χ0) is 16.1. The van der Waals surface area contributed by atoms with E-state index in [9.17, 15) is 9.59 Å². The normalized spacial score (nSPS) is 10.5. The fraction of sp³-hybridized carbons (Fsp3) is 0.267. The van der Waals surface area contributed by atoms with E-state index in [1.807, 2.05) is 19.1 Å². The lowest BCUT2D eigenvalue weighted by Gasteiger charge is -2.01. The van der Waals surface area contributed by atoms with Crippen molar-refractivity contribution in [1.82, 2.24) is 10.3 Å². The van der Waals surface area contributed by atoms with E-state index >= 15 is 0 Å². The molecule has 6 nitrogen and oxygen atoms in total. The fourth-order valence-corrected chi connectivity index (χ4v) is 2.01. The van der Waals surface area contributed by atoms with Gasteiger partial charge in [0.25, 0.3) is 0 Å². The smallest absolute Gasteiger partial charge is 0.303 e. The van der Waals surface area contributed by atoms with Gasteiger partial charge in [-0.05, 0) is 31.2 Å². The minimum absolute atomic E-state index is 0.0704. The Bertz CT molecular complexity index is 679. The molecule has 0 aliphatic rings. The van der Waals surface area contributed by atoms with Crippen molar-refractivity contribution in [2.45, 2.75) is 26.3 Å². The molecule has 0 aliphatic carbocycles. The number of hydrogen-bond donors (Lipinski definition) is 2. The first kappa shape index (κ1) is 16.0. The molecule has 1 amide bonds. The van der Waals surface area contributed by atoms with Gasteiger partial charge in [-0.3, -0.25) is 9.59 Å². The van der Waals surface area contributed by atoms with Gasteiger partial charge in [-0.25, -0.2) is 4.98 Å². The molecule has 0 radical (unpaired) electrons. The molecular formula is C15H15ClN2O4. The summed E-state index contributed by atoms with van der Waals surface area (Å²) in [5, 5.41) is 11.7. The van der Waals surface area contributed by atoms with Crippen molar-refractivity contribution in [1.29, 1.82) is 0 Å². The lowest BCUT2D eigenvalue weighted by atomic mass is 10.1. The summed E-state index contributed by atoms with van der Waals surface area (Å²) >= 11 is 5.85. The second-order valence-electron chi connectivity index (χ2n) is 4.70. The Labute approximate surface area is 132 Å². The molecule has 2 aromatic rings. The van der Waals surface area contributed by atoms with E-state index in [1.165, 1.54) is 0 Å². The van der Waals surface area contributed by atoms with Crippen LogP contribution in [0.4, 0.5) is 0 Å². The molecule has 0 bridgehead atoms. The van der Waals surface area contributed by atoms with Crippen molar-refractivity contribution in [3.05, 3.63) is 40.9 Å². The van der Waals surface area contributed by atoms with Gasteiger partial charge in [0, 0.05) is 17.0 Å². The highest BCUT2D eigenvalue weighted by molar-refractivity contribution is 6.30. The summed E-state index contributed by atoms with van der Waals surface area (Å²) < 4.78 is 5.63. The number of benzene rings is 1. The van der Waals surface area contributed by atoms with Crippen LogP contribution in [0.2, 0.25) is 5.02 Å². The number of aliphatic carboxylic acids is 1. The largest absolute Gasteiger partial charge is 0.481 e. The summed E-state index contributed by atoms with van der Waals surface area (Å²) in [5.74, 6) is -0.379. The van der Waals surface area contributed by atoms with E-state index in [0.29, 0.717) is 22.4 Å². The Hall–Kier alpha value is -2.34. The van der Waals surface area contributed by atoms with E-state index in [0.717, 1.165) is 5.56 Å². The van der Waals surface area contributed by atoms with Gasteiger partial charge < -0.3 is 14.8 Å². The number of halogens is 1. The Morgan fingerprint density at radius 2 is 1.95 bits per heavy atom. The fourth-order valence-electron chi connectivity index (χ4n) is 1.88. The topological polar surface area (TPSA) is 92.4 Å². The first-order chi connectivity index (χ1) is 10.5. The summed E-state index contributed by atoms with van der Waals surface area (Å²) in [6.45, 7) is 1.93. The number of aromatic nitrogens is 1. The van der Waals surface area contributed by atoms with Gasteiger partial charge in [0.1, 0.15) is 0 Å². The van der Waals surface area contributed by atoms with Crippen LogP contribution < -0.4 is 5.32 Å². The average molecular weight is 323 g/mol. The van der Waals surface area contributed by atoms with Crippen molar-refractivity contribution in [3.63, 3.8) is 0 Å². The molecule has 116 valence electrons. The number of carboxylic acids is 1. The molecule has 1 aromatic heterocycles. The zero-order valence-electron chi connectivity index (χ0n) is 11.9. The second kappa shape index (κ2) is 7.09. The highest BCUT2D eigenvalue weighted by Gasteiger charge is 2.13. The lowest BCUT2D eigenvalue weighted by molar-refractivity contribution is -0.138. The Morgan fingerprint density at radius 3 is 2.59 bits per heavy atom. The van der Waals surface area contributed by atoms with E-state index < -0.39 is 5.97 Å². The minimum atomic E-state index is -1.01. The highest BCUT2D eigenvalue weighted by Crippen LogP contribution is 2.25. The van der Waals surface area contributed by atoms with Gasteiger partial charge in [-0.15, -0.1) is 0 Å². The van der Waals surface area contributed by atoms with Crippen LogP contribution >= 0.6 is 11.6 Å². The number of nitrogens with one attached hydrogen (secondary N) is 1. The van der Waals surface area contributed by atoms with Gasteiger partial charge in [0.05, 0.1) is 18.7 Å². The standard InChI is InChI=1S/C15H15ClN2O4/c1-9-15(10-2-4-11(16)5-3-10)22-13(18-9)8-17-12(19)6-7-14(20)21/h2-5H,6-8H2,1H3,(H,17,19)(H,20,21). The molecule has 0 spiro atoms. The summed E-state index contributed by atoms with van der Waals surface area (Å²) in [6.07, 6.45) is -0.272. The molecule has 0 unspecified atom stereocenters. The number of aryl methyl sites for hydroxylation is 1. The number of carbonyl (C=O) groups is 2. The molecule has 0 aliphatic heterocycles. The molecule has 1 heterocycles. The van der Waals surface area contributed by atoms with Gasteiger partial charge in [-0.1, -0.05) is 11.6 Å². The molecule has 7 heteroatoms. The van der Waals surface area contributed by atoms with Crippen molar-refractivity contribution < 1.29 is 19.1 Å². The monoisotopic (exact) mass is 322 g/mol. The molecule has 2 rings (SSSR count). The minimum Gasteiger partial charge on any atom is -0.481 e. The van der Waals surface area contributed by atoms with Crippen LogP contribution in [0.3, 0.4) is 0 Å². The molecule has 0 saturated carbocycles. The summed E-state index contributed by atoms with van der Waals surface area (Å²) in [6, 6.07) is 7.16. The first-order valence-electron chi connectivity index (χ1n) is 6.66. The second-order valence-corrected chi connectivity index (χ2v) is 5.14. The predicted octanol–water partition coefficient (Wildman–Crippen LogP) is 2.78. The number of rotatable bonds is 6. The third-order valence-electron chi connectivity index (χ3n) is 2.95. The highest BCUT2D eigenvalue weighted by atomic mass is 35.5. The van der Waals surface area contributed by atoms with Crippen molar-refractivity contribution in [3.8, 4) is 11.3 Å². The lowest BCUT2D eigenvalue weighted by Crippen LogP contribution is -2.23. The van der Waals surface area contributed by atoms with Crippen LogP contribution in [-0.4, -0.2) is 22.0 Å². The van der Waals surface area contributed by atoms with Crippen LogP contribution in [0.5, 0.6) is 0 Å². The van der Waals surface area contributed by atoms with Gasteiger partial charge >= 0.3 is 5.97 Å². The number of oxazole rings is 1. The molecule has 2 N–H and O–H groups in total. The van der Waals surface area contributed by atoms with Crippen LogP contribution in [0.25, 0.3) is 11.3 Å². The molecule has 0 fully saturated rings. The van der Waals surface area contributed by atoms with E-state index in [1.54, 1.807) is 12.1 Å². The summed E-state index contributed by atoms with van der Waals surface area (Å²) in [4.78, 5) is 26.1. The van der Waals surface area contributed by atoms with E-state index in [4.69, 9.17) is 21.1 Å². The maximum atomic E-state index is 11.5. The summed E-state index contributed by atoms with van der Waals surface area (Å²) in [7, 11) is 0. The Kier molecular flexibility index (Phi) is 5.16. The van der Waals surface area contributed by atoms with Gasteiger partial charge in [0.15, 0.2) is 5.76 Å². The van der Waals surface area contributed by atoms with Crippen LogP contribution in [0.15, 0.2) is 28.7 Å². The SMILES string of the molecule is Cc1nc(CNC(=O)CCC(=O)O)oc1-c1ccc(Cl)cc1. The average Bonchev–Trinajstić information content (AvgIpc) is 2.85. The number of carbonyl (C=O) groups excluding carboxylic acids is 1. The van der Waals surface area contributed by atoms with Crippen molar-refractivity contribution in [2.75, 3.05) is 0 Å². The number of nitrogens with zero attached hydrogens (tertiary/aromatic N) is 1. The van der Waals surface area contributed by atoms with Crippen molar-refractivity contribution >= 4 is 23.5 Å². The third kappa shape index (κ3) is 4.33. The maximum absolute atomic E-state index is 11.5. The molecule has 1 aromatic carbocycles. The third-order valence-corrected chi connectivity index (χ3v) is 3.20. The van der Waals surface area contributed by atoms with Crippen LogP contribution in [-0.2, 0) is 16.1 Å². The van der Waals surface area contributed by atoms with Crippen molar-refractivity contribution in [2.24, 2.45) is 0 Å². The number of carboxylic acid groups (broad SMARTS) is 1. The number of hydrogen-bond acceptors (Lipinski definition) is 4.